The van der Waals surface area contributed by atoms with Crippen LogP contribution in [0.15, 0.2) is 30.9 Å². The van der Waals surface area contributed by atoms with Gasteiger partial charge in [0.05, 0.1) is 20.0 Å². The van der Waals surface area contributed by atoms with E-state index < -0.39 is 0 Å². The van der Waals surface area contributed by atoms with Gasteiger partial charge in [0.1, 0.15) is 11.8 Å². The maximum absolute atomic E-state index is 5.66. The molecule has 23 heavy (non-hydrogen) atoms. The maximum atomic E-state index is 5.66. The fourth-order valence-corrected chi connectivity index (χ4v) is 2.24. The van der Waals surface area contributed by atoms with E-state index in [2.05, 4.69) is 32.2 Å². The van der Waals surface area contributed by atoms with Crippen LogP contribution in [0, 0.1) is 0 Å². The van der Waals surface area contributed by atoms with Crippen molar-refractivity contribution in [2.24, 2.45) is 0 Å². The minimum absolute atomic E-state index is 0.607. The highest BCUT2D eigenvalue weighted by Crippen LogP contribution is 2.28. The average molecular weight is 313 g/mol. The van der Waals surface area contributed by atoms with Crippen molar-refractivity contribution in [1.82, 2.24) is 19.9 Å². The first-order chi connectivity index (χ1) is 11.3. The summed E-state index contributed by atoms with van der Waals surface area (Å²) in [4.78, 5) is 15.5. The van der Waals surface area contributed by atoms with Gasteiger partial charge in [0.2, 0.25) is 0 Å². The number of H-pyrrole nitrogens is 1. The van der Waals surface area contributed by atoms with E-state index in [9.17, 15) is 0 Å². The summed E-state index contributed by atoms with van der Waals surface area (Å²) in [6, 6.07) is 5.90. The Hall–Kier alpha value is -2.83. The number of ether oxygens (including phenoxy) is 2. The second-order valence-electron chi connectivity index (χ2n) is 5.01. The van der Waals surface area contributed by atoms with Crippen LogP contribution in [0.1, 0.15) is 18.9 Å². The predicted octanol–water partition coefficient (Wildman–Crippen LogP) is 2.76. The van der Waals surface area contributed by atoms with Crippen molar-refractivity contribution < 1.29 is 9.47 Å². The Labute approximate surface area is 134 Å². The van der Waals surface area contributed by atoms with Crippen molar-refractivity contribution in [3.63, 3.8) is 0 Å². The molecule has 120 valence electrons. The van der Waals surface area contributed by atoms with Gasteiger partial charge in [0, 0.05) is 6.54 Å². The molecule has 0 fully saturated rings. The van der Waals surface area contributed by atoms with Gasteiger partial charge in [-0.3, -0.25) is 0 Å². The topological polar surface area (TPSA) is 85.0 Å². The molecule has 0 bridgehead atoms. The molecular weight excluding hydrogens is 294 g/mol. The van der Waals surface area contributed by atoms with Crippen LogP contribution in [-0.4, -0.2) is 33.7 Å². The van der Waals surface area contributed by atoms with Crippen molar-refractivity contribution in [1.29, 1.82) is 0 Å². The van der Waals surface area contributed by atoms with Crippen LogP contribution < -0.4 is 14.8 Å². The monoisotopic (exact) mass is 313 g/mol. The quantitative estimate of drug-likeness (QED) is 0.697. The molecule has 0 unspecified atom stereocenters. The Kier molecular flexibility index (Phi) is 4.56. The zero-order valence-electron chi connectivity index (χ0n) is 13.2. The summed E-state index contributed by atoms with van der Waals surface area (Å²) < 4.78 is 11.1. The zero-order valence-corrected chi connectivity index (χ0v) is 13.2. The molecule has 0 aliphatic rings. The minimum atomic E-state index is 0.607. The van der Waals surface area contributed by atoms with Gasteiger partial charge < -0.3 is 19.8 Å². The van der Waals surface area contributed by atoms with Gasteiger partial charge in [-0.25, -0.2) is 15.0 Å². The van der Waals surface area contributed by atoms with Crippen molar-refractivity contribution in [3.05, 3.63) is 36.4 Å². The van der Waals surface area contributed by atoms with Gasteiger partial charge in [-0.1, -0.05) is 13.0 Å². The number of aromatic amines is 1. The lowest BCUT2D eigenvalue weighted by Crippen LogP contribution is -2.04. The third kappa shape index (κ3) is 3.33. The number of benzene rings is 1. The normalized spacial score (nSPS) is 10.7. The third-order valence-electron chi connectivity index (χ3n) is 3.37. The lowest BCUT2D eigenvalue weighted by atomic mass is 10.2. The van der Waals surface area contributed by atoms with E-state index in [1.54, 1.807) is 13.4 Å². The van der Waals surface area contributed by atoms with Crippen LogP contribution in [0.25, 0.3) is 11.2 Å². The Balaban J connectivity index is 1.74. The van der Waals surface area contributed by atoms with Gasteiger partial charge in [-0.05, 0) is 24.1 Å². The van der Waals surface area contributed by atoms with Crippen molar-refractivity contribution in [2.45, 2.75) is 19.9 Å². The predicted molar refractivity (Wildman–Crippen MR) is 87.8 cm³/mol. The summed E-state index contributed by atoms with van der Waals surface area (Å²) in [6.45, 7) is 3.35. The first-order valence-corrected chi connectivity index (χ1v) is 7.49. The number of fused-ring (bicyclic) bond motifs is 1. The van der Waals surface area contributed by atoms with Crippen LogP contribution >= 0.6 is 0 Å². The largest absolute Gasteiger partial charge is 0.493 e. The lowest BCUT2D eigenvalue weighted by Gasteiger charge is -2.12. The first-order valence-electron chi connectivity index (χ1n) is 7.49. The van der Waals surface area contributed by atoms with Gasteiger partial charge >= 0.3 is 0 Å². The average Bonchev–Trinajstić information content (AvgIpc) is 3.07. The van der Waals surface area contributed by atoms with Crippen LogP contribution in [0.2, 0.25) is 0 Å². The molecule has 3 aromatic rings. The third-order valence-corrected chi connectivity index (χ3v) is 3.37. The molecule has 0 saturated carbocycles. The number of aromatic nitrogens is 4. The summed E-state index contributed by atoms with van der Waals surface area (Å²) in [5.74, 6) is 2.21. The molecule has 2 heterocycles. The molecule has 0 radical (unpaired) electrons. The summed E-state index contributed by atoms with van der Waals surface area (Å²) >= 11 is 0. The highest BCUT2D eigenvalue weighted by Gasteiger charge is 2.08. The van der Waals surface area contributed by atoms with Gasteiger partial charge in [-0.2, -0.15) is 0 Å². The Morgan fingerprint density at radius 1 is 1.17 bits per heavy atom. The molecule has 7 heteroatoms. The molecule has 2 aromatic heterocycles. The summed E-state index contributed by atoms with van der Waals surface area (Å²) in [7, 11) is 1.64. The Morgan fingerprint density at radius 2 is 2.09 bits per heavy atom. The summed E-state index contributed by atoms with van der Waals surface area (Å²) in [5.41, 5.74) is 2.50. The Morgan fingerprint density at radius 3 is 2.91 bits per heavy atom. The number of nitrogens with one attached hydrogen (secondary N) is 2. The number of imidazole rings is 1. The second-order valence-corrected chi connectivity index (χ2v) is 5.01. The highest BCUT2D eigenvalue weighted by atomic mass is 16.5. The Bertz CT molecular complexity index is 787. The van der Waals surface area contributed by atoms with Crippen molar-refractivity contribution in [3.8, 4) is 11.5 Å². The van der Waals surface area contributed by atoms with Gasteiger partial charge in [0.25, 0.3) is 0 Å². The van der Waals surface area contributed by atoms with Crippen LogP contribution in [-0.2, 0) is 6.54 Å². The molecule has 0 aliphatic heterocycles. The molecule has 3 rings (SSSR count). The first kappa shape index (κ1) is 15.1. The molecular formula is C16H19N5O2. The highest BCUT2D eigenvalue weighted by molar-refractivity contribution is 5.81. The number of hydrogen-bond acceptors (Lipinski definition) is 6. The molecule has 1 aromatic carbocycles. The standard InChI is InChI=1S/C16H19N5O2/c1-3-6-23-12-5-4-11(7-13(12)22-2)8-17-15-14-16(19-9-18-14)21-10-20-15/h4-5,7,9-10H,3,6,8H2,1-2H3,(H2,17,18,19,20,21). The van der Waals surface area contributed by atoms with Crippen molar-refractivity contribution in [2.75, 3.05) is 19.0 Å². The molecule has 0 atom stereocenters. The number of nitrogens with zero attached hydrogens (tertiary/aromatic N) is 3. The fraction of sp³-hybridized carbons (Fsp3) is 0.312. The molecule has 0 saturated heterocycles. The minimum Gasteiger partial charge on any atom is -0.493 e. The fourth-order valence-electron chi connectivity index (χ4n) is 2.24. The smallest absolute Gasteiger partial charge is 0.182 e. The van der Waals surface area contributed by atoms with E-state index in [0.717, 1.165) is 34.8 Å². The number of hydrogen-bond donors (Lipinski definition) is 2. The number of methoxy groups -OCH3 is 1. The van der Waals surface area contributed by atoms with Crippen LogP contribution in [0.5, 0.6) is 11.5 Å². The van der Waals surface area contributed by atoms with E-state index in [1.165, 1.54) is 6.33 Å². The summed E-state index contributed by atoms with van der Waals surface area (Å²) in [6.07, 6.45) is 4.06. The van der Waals surface area contributed by atoms with E-state index in [1.807, 2.05) is 18.2 Å². The molecule has 2 N–H and O–H groups in total. The van der Waals surface area contributed by atoms with Crippen LogP contribution in [0.3, 0.4) is 0 Å². The number of anilines is 1. The van der Waals surface area contributed by atoms with E-state index in [4.69, 9.17) is 9.47 Å². The van der Waals surface area contributed by atoms with Gasteiger partial charge in [-0.15, -0.1) is 0 Å². The number of rotatable bonds is 7. The van der Waals surface area contributed by atoms with E-state index in [0.29, 0.717) is 18.8 Å². The van der Waals surface area contributed by atoms with E-state index >= 15 is 0 Å². The molecule has 7 nitrogen and oxygen atoms in total. The second kappa shape index (κ2) is 6.95. The SMILES string of the molecule is CCCOc1ccc(CNc2ncnc3nc[nH]c23)cc1OC. The molecule has 0 spiro atoms. The van der Waals surface area contributed by atoms with E-state index in [-0.39, 0.29) is 0 Å². The van der Waals surface area contributed by atoms with Crippen LogP contribution in [0.4, 0.5) is 5.82 Å². The zero-order chi connectivity index (χ0) is 16.1. The van der Waals surface area contributed by atoms with Crippen molar-refractivity contribution >= 4 is 17.0 Å². The maximum Gasteiger partial charge on any atom is 0.182 e. The lowest BCUT2D eigenvalue weighted by molar-refractivity contribution is 0.294. The van der Waals surface area contributed by atoms with Gasteiger partial charge in [0.15, 0.2) is 23.0 Å². The molecule has 0 amide bonds. The summed E-state index contributed by atoms with van der Waals surface area (Å²) in [5, 5.41) is 3.29. The molecule has 0 aliphatic carbocycles.